The van der Waals surface area contributed by atoms with Crippen LogP contribution < -0.4 is 5.32 Å². The third kappa shape index (κ3) is 2.25. The van der Waals surface area contributed by atoms with Gasteiger partial charge in [-0.2, -0.15) is 5.10 Å². The molecule has 0 aromatic carbocycles. The van der Waals surface area contributed by atoms with Crippen molar-refractivity contribution < 1.29 is 0 Å². The van der Waals surface area contributed by atoms with Gasteiger partial charge in [-0.1, -0.05) is 0 Å². The van der Waals surface area contributed by atoms with E-state index in [1.165, 1.54) is 5.56 Å². The number of rotatable bonds is 3. The van der Waals surface area contributed by atoms with Gasteiger partial charge in [-0.05, 0) is 36.9 Å². The van der Waals surface area contributed by atoms with Gasteiger partial charge < -0.3 is 5.32 Å². The first-order chi connectivity index (χ1) is 9.56. The number of thiophene rings is 1. The SMILES string of the molecule is Cc1nn(C)c(C)c1CNc1nc(Cl)nc2sccc12. The third-order valence-electron chi connectivity index (χ3n) is 3.39. The number of nitrogens with zero attached hydrogens (tertiary/aromatic N) is 4. The zero-order chi connectivity index (χ0) is 14.3. The summed E-state index contributed by atoms with van der Waals surface area (Å²) in [5, 5.41) is 11.0. The minimum absolute atomic E-state index is 0.266. The number of aryl methyl sites for hydroxylation is 2. The van der Waals surface area contributed by atoms with Crippen LogP contribution in [-0.4, -0.2) is 19.7 Å². The lowest BCUT2D eigenvalue weighted by molar-refractivity contribution is 0.730. The van der Waals surface area contributed by atoms with E-state index in [0.29, 0.717) is 6.54 Å². The molecule has 7 heteroatoms. The fourth-order valence-electron chi connectivity index (χ4n) is 2.21. The first kappa shape index (κ1) is 13.3. The Labute approximate surface area is 125 Å². The molecule has 0 bridgehead atoms. The van der Waals surface area contributed by atoms with Crippen molar-refractivity contribution in [1.29, 1.82) is 0 Å². The van der Waals surface area contributed by atoms with Gasteiger partial charge in [0.25, 0.3) is 0 Å². The fraction of sp³-hybridized carbons (Fsp3) is 0.308. The van der Waals surface area contributed by atoms with Crippen LogP contribution in [0.15, 0.2) is 11.4 Å². The molecule has 3 heterocycles. The molecule has 0 fully saturated rings. The molecule has 0 radical (unpaired) electrons. The minimum Gasteiger partial charge on any atom is -0.365 e. The number of halogens is 1. The standard InChI is InChI=1S/C13H14ClN5S/c1-7-10(8(2)19(3)18-7)6-15-11-9-4-5-20-12(9)17-13(14)16-11/h4-5H,6H2,1-3H3,(H,15,16,17). The average Bonchev–Trinajstić information content (AvgIpc) is 2.94. The van der Waals surface area contributed by atoms with Crippen LogP contribution in [0, 0.1) is 13.8 Å². The monoisotopic (exact) mass is 307 g/mol. The maximum atomic E-state index is 5.96. The van der Waals surface area contributed by atoms with E-state index in [1.807, 2.05) is 30.1 Å². The highest BCUT2D eigenvalue weighted by molar-refractivity contribution is 7.16. The molecule has 0 unspecified atom stereocenters. The Balaban J connectivity index is 1.92. The molecule has 3 aromatic rings. The van der Waals surface area contributed by atoms with E-state index in [4.69, 9.17) is 11.6 Å². The molecule has 0 aliphatic heterocycles. The Hall–Kier alpha value is -1.66. The highest BCUT2D eigenvalue weighted by atomic mass is 35.5. The summed E-state index contributed by atoms with van der Waals surface area (Å²) in [5.74, 6) is 0.768. The average molecular weight is 308 g/mol. The van der Waals surface area contributed by atoms with E-state index in [2.05, 4.69) is 27.3 Å². The summed E-state index contributed by atoms with van der Waals surface area (Å²) in [6.45, 7) is 4.74. The van der Waals surface area contributed by atoms with Crippen molar-refractivity contribution in [1.82, 2.24) is 19.7 Å². The highest BCUT2D eigenvalue weighted by Gasteiger charge is 2.11. The summed E-state index contributed by atoms with van der Waals surface area (Å²) in [4.78, 5) is 9.38. The fourth-order valence-corrected chi connectivity index (χ4v) is 3.19. The number of anilines is 1. The number of fused-ring (bicyclic) bond motifs is 1. The number of nitrogens with one attached hydrogen (secondary N) is 1. The van der Waals surface area contributed by atoms with Crippen molar-refractivity contribution in [2.24, 2.45) is 7.05 Å². The summed E-state index contributed by atoms with van der Waals surface area (Å²) in [6.07, 6.45) is 0. The Morgan fingerprint density at radius 1 is 1.35 bits per heavy atom. The van der Waals surface area contributed by atoms with Gasteiger partial charge in [0.05, 0.1) is 11.1 Å². The van der Waals surface area contributed by atoms with Gasteiger partial charge in [-0.3, -0.25) is 4.68 Å². The van der Waals surface area contributed by atoms with E-state index in [-0.39, 0.29) is 5.28 Å². The molecule has 20 heavy (non-hydrogen) atoms. The zero-order valence-corrected chi connectivity index (χ0v) is 13.0. The zero-order valence-electron chi connectivity index (χ0n) is 11.4. The minimum atomic E-state index is 0.266. The summed E-state index contributed by atoms with van der Waals surface area (Å²) < 4.78 is 1.89. The van der Waals surface area contributed by atoms with Crippen LogP contribution in [-0.2, 0) is 13.6 Å². The van der Waals surface area contributed by atoms with Crippen molar-refractivity contribution in [3.63, 3.8) is 0 Å². The Morgan fingerprint density at radius 2 is 2.15 bits per heavy atom. The largest absolute Gasteiger partial charge is 0.365 e. The predicted octanol–water partition coefficient (Wildman–Crippen LogP) is 3.31. The lowest BCUT2D eigenvalue weighted by Gasteiger charge is -2.07. The lowest BCUT2D eigenvalue weighted by atomic mass is 10.2. The van der Waals surface area contributed by atoms with E-state index in [1.54, 1.807) is 11.3 Å². The van der Waals surface area contributed by atoms with Crippen molar-refractivity contribution >= 4 is 39.0 Å². The van der Waals surface area contributed by atoms with Crippen LogP contribution in [0.25, 0.3) is 10.2 Å². The Kier molecular flexibility index (Phi) is 3.35. The lowest BCUT2D eigenvalue weighted by Crippen LogP contribution is -2.04. The predicted molar refractivity (Wildman–Crippen MR) is 82.4 cm³/mol. The molecule has 0 aliphatic rings. The Bertz CT molecular complexity index is 777. The molecule has 1 N–H and O–H groups in total. The molecule has 0 aliphatic carbocycles. The summed E-state index contributed by atoms with van der Waals surface area (Å²) >= 11 is 7.51. The van der Waals surface area contributed by atoms with E-state index in [9.17, 15) is 0 Å². The summed E-state index contributed by atoms with van der Waals surface area (Å²) in [5.41, 5.74) is 3.36. The van der Waals surface area contributed by atoms with Crippen molar-refractivity contribution in [3.05, 3.63) is 33.7 Å². The van der Waals surface area contributed by atoms with Gasteiger partial charge >= 0.3 is 0 Å². The van der Waals surface area contributed by atoms with Crippen LogP contribution in [0.3, 0.4) is 0 Å². The van der Waals surface area contributed by atoms with Crippen LogP contribution in [0.4, 0.5) is 5.82 Å². The third-order valence-corrected chi connectivity index (χ3v) is 4.36. The molecule has 0 spiro atoms. The van der Waals surface area contributed by atoms with Crippen LogP contribution in [0.1, 0.15) is 17.0 Å². The molecular formula is C13H14ClN5S. The molecule has 0 saturated heterocycles. The smallest absolute Gasteiger partial charge is 0.225 e. The van der Waals surface area contributed by atoms with Gasteiger partial charge in [-0.25, -0.2) is 9.97 Å². The number of hydrogen-bond acceptors (Lipinski definition) is 5. The van der Waals surface area contributed by atoms with E-state index in [0.717, 1.165) is 27.4 Å². The summed E-state index contributed by atoms with van der Waals surface area (Å²) in [6, 6.07) is 2.00. The second-order valence-electron chi connectivity index (χ2n) is 4.61. The number of hydrogen-bond donors (Lipinski definition) is 1. The van der Waals surface area contributed by atoms with Gasteiger partial charge in [0.15, 0.2) is 0 Å². The molecular weight excluding hydrogens is 294 g/mol. The molecule has 0 amide bonds. The normalized spacial score (nSPS) is 11.2. The van der Waals surface area contributed by atoms with Crippen molar-refractivity contribution in [2.45, 2.75) is 20.4 Å². The molecule has 3 rings (SSSR count). The van der Waals surface area contributed by atoms with Crippen molar-refractivity contribution in [2.75, 3.05) is 5.32 Å². The second-order valence-corrected chi connectivity index (χ2v) is 5.84. The van der Waals surface area contributed by atoms with Gasteiger partial charge in [0.1, 0.15) is 10.6 Å². The first-order valence-corrected chi connectivity index (χ1v) is 7.45. The van der Waals surface area contributed by atoms with Gasteiger partial charge in [0, 0.05) is 24.8 Å². The van der Waals surface area contributed by atoms with Crippen molar-refractivity contribution in [3.8, 4) is 0 Å². The van der Waals surface area contributed by atoms with E-state index >= 15 is 0 Å². The quantitative estimate of drug-likeness (QED) is 0.754. The number of aromatic nitrogens is 4. The molecule has 5 nitrogen and oxygen atoms in total. The van der Waals surface area contributed by atoms with Crippen LogP contribution in [0.2, 0.25) is 5.28 Å². The molecule has 3 aromatic heterocycles. The summed E-state index contributed by atoms with van der Waals surface area (Å²) in [7, 11) is 1.95. The van der Waals surface area contributed by atoms with Crippen LogP contribution >= 0.6 is 22.9 Å². The Morgan fingerprint density at radius 3 is 2.85 bits per heavy atom. The first-order valence-electron chi connectivity index (χ1n) is 6.20. The molecule has 104 valence electrons. The second kappa shape index (κ2) is 5.03. The van der Waals surface area contributed by atoms with Gasteiger partial charge in [0.2, 0.25) is 5.28 Å². The van der Waals surface area contributed by atoms with Crippen LogP contribution in [0.5, 0.6) is 0 Å². The van der Waals surface area contributed by atoms with E-state index < -0.39 is 0 Å². The topological polar surface area (TPSA) is 55.6 Å². The van der Waals surface area contributed by atoms with Gasteiger partial charge in [-0.15, -0.1) is 11.3 Å². The molecule has 0 saturated carbocycles. The highest BCUT2D eigenvalue weighted by Crippen LogP contribution is 2.27. The maximum absolute atomic E-state index is 5.96. The molecule has 0 atom stereocenters. The maximum Gasteiger partial charge on any atom is 0.225 e.